The number of carbonyl (C=O) groups excluding carboxylic acids is 3. The molecule has 9 heteroatoms. The zero-order valence-corrected chi connectivity index (χ0v) is 18.2. The van der Waals surface area contributed by atoms with Crippen LogP contribution in [-0.4, -0.2) is 44.3 Å². The summed E-state index contributed by atoms with van der Waals surface area (Å²) in [4.78, 5) is 36.5. The van der Waals surface area contributed by atoms with Crippen LogP contribution < -0.4 is 25.4 Å². The van der Waals surface area contributed by atoms with Crippen LogP contribution in [0.3, 0.4) is 0 Å². The Balaban J connectivity index is 2.02. The van der Waals surface area contributed by atoms with E-state index in [1.165, 1.54) is 14.2 Å². The average Bonchev–Trinajstić information content (AvgIpc) is 2.70. The Bertz CT molecular complexity index is 930. The van der Waals surface area contributed by atoms with E-state index in [-0.39, 0.29) is 12.1 Å². The van der Waals surface area contributed by atoms with E-state index in [9.17, 15) is 14.4 Å². The van der Waals surface area contributed by atoms with Gasteiger partial charge in [-0.15, -0.1) is 0 Å². The van der Waals surface area contributed by atoms with Gasteiger partial charge in [0.2, 0.25) is 5.91 Å². The summed E-state index contributed by atoms with van der Waals surface area (Å²) < 4.78 is 15.6. The number of amides is 3. The molecule has 0 saturated carbocycles. The van der Waals surface area contributed by atoms with Crippen LogP contribution in [0.25, 0.3) is 0 Å². The van der Waals surface area contributed by atoms with Crippen molar-refractivity contribution < 1.29 is 28.6 Å². The lowest BCUT2D eigenvalue weighted by atomic mass is 10.1. The maximum Gasteiger partial charge on any atom is 0.408 e. The maximum atomic E-state index is 12.8. The summed E-state index contributed by atoms with van der Waals surface area (Å²) in [7, 11) is 2.93. The summed E-state index contributed by atoms with van der Waals surface area (Å²) >= 11 is 0. The number of methoxy groups -OCH3 is 2. The molecule has 0 aromatic heterocycles. The highest BCUT2D eigenvalue weighted by Crippen LogP contribution is 2.29. The van der Waals surface area contributed by atoms with E-state index in [1.54, 1.807) is 63.2 Å². The standard InChI is InChI=1S/C22H27N3O6/c1-22(2,3)31-21(28)23-13-18(26)24-14-8-6-9-15(12-14)25-20(27)19-16(29-4)10-7-11-17(19)30-5/h6-12H,13H2,1-5H3,(H,23,28)(H,24,26)(H,25,27). The van der Waals surface area contributed by atoms with E-state index in [4.69, 9.17) is 14.2 Å². The number of hydrogen-bond acceptors (Lipinski definition) is 6. The Labute approximate surface area is 181 Å². The Kier molecular flexibility index (Phi) is 7.84. The third-order valence-corrected chi connectivity index (χ3v) is 3.85. The first-order valence-corrected chi connectivity index (χ1v) is 9.52. The van der Waals surface area contributed by atoms with Crippen LogP contribution in [0.15, 0.2) is 42.5 Å². The molecule has 3 amide bonds. The zero-order valence-electron chi connectivity index (χ0n) is 18.2. The van der Waals surface area contributed by atoms with Crippen molar-refractivity contribution in [3.8, 4) is 11.5 Å². The van der Waals surface area contributed by atoms with Gasteiger partial charge in [0.15, 0.2) is 0 Å². The van der Waals surface area contributed by atoms with Crippen molar-refractivity contribution in [1.82, 2.24) is 5.32 Å². The third kappa shape index (κ3) is 7.22. The Hall–Kier alpha value is -3.75. The van der Waals surface area contributed by atoms with Gasteiger partial charge in [-0.2, -0.15) is 0 Å². The molecule has 0 aliphatic rings. The maximum absolute atomic E-state index is 12.8. The van der Waals surface area contributed by atoms with Gasteiger partial charge in [-0.05, 0) is 51.1 Å². The fraction of sp³-hybridized carbons (Fsp3) is 0.318. The lowest BCUT2D eigenvalue weighted by molar-refractivity contribution is -0.115. The monoisotopic (exact) mass is 429 g/mol. The van der Waals surface area contributed by atoms with E-state index in [2.05, 4.69) is 16.0 Å². The highest BCUT2D eigenvalue weighted by Gasteiger charge is 2.19. The van der Waals surface area contributed by atoms with Gasteiger partial charge in [0.05, 0.1) is 14.2 Å². The minimum Gasteiger partial charge on any atom is -0.496 e. The van der Waals surface area contributed by atoms with Crippen LogP contribution in [-0.2, 0) is 9.53 Å². The third-order valence-electron chi connectivity index (χ3n) is 3.85. The second-order valence-electron chi connectivity index (χ2n) is 7.48. The van der Waals surface area contributed by atoms with Gasteiger partial charge >= 0.3 is 6.09 Å². The van der Waals surface area contributed by atoms with Crippen molar-refractivity contribution in [2.45, 2.75) is 26.4 Å². The molecule has 2 aromatic carbocycles. The SMILES string of the molecule is COc1cccc(OC)c1C(=O)Nc1cccc(NC(=O)CNC(=O)OC(C)(C)C)c1. The molecule has 0 radical (unpaired) electrons. The van der Waals surface area contributed by atoms with Crippen molar-refractivity contribution in [3.05, 3.63) is 48.0 Å². The molecule has 166 valence electrons. The molecule has 9 nitrogen and oxygen atoms in total. The molecule has 0 atom stereocenters. The van der Waals surface area contributed by atoms with E-state index in [1.807, 2.05) is 0 Å². The minimum atomic E-state index is -0.686. The summed E-state index contributed by atoms with van der Waals surface area (Å²) in [5, 5.41) is 7.79. The number of hydrogen-bond donors (Lipinski definition) is 3. The molecule has 0 spiro atoms. The fourth-order valence-electron chi connectivity index (χ4n) is 2.62. The van der Waals surface area contributed by atoms with Gasteiger partial charge in [0.25, 0.3) is 5.91 Å². The molecule has 0 saturated heterocycles. The Morgan fingerprint density at radius 2 is 1.42 bits per heavy atom. The number of alkyl carbamates (subject to hydrolysis) is 1. The quantitative estimate of drug-likeness (QED) is 0.621. The molecule has 2 rings (SSSR count). The minimum absolute atomic E-state index is 0.253. The van der Waals surface area contributed by atoms with Crippen LogP contribution in [0.1, 0.15) is 31.1 Å². The Morgan fingerprint density at radius 1 is 0.871 bits per heavy atom. The first-order valence-electron chi connectivity index (χ1n) is 9.52. The molecule has 2 aromatic rings. The van der Waals surface area contributed by atoms with Crippen molar-refractivity contribution in [2.75, 3.05) is 31.4 Å². The predicted octanol–water partition coefficient (Wildman–Crippen LogP) is 3.42. The summed E-state index contributed by atoms with van der Waals surface area (Å²) in [6.07, 6.45) is -0.686. The van der Waals surface area contributed by atoms with Gasteiger partial charge in [-0.3, -0.25) is 9.59 Å². The van der Waals surface area contributed by atoms with Gasteiger partial charge in [-0.25, -0.2) is 4.79 Å². The molecule has 31 heavy (non-hydrogen) atoms. The van der Waals surface area contributed by atoms with E-state index < -0.39 is 23.5 Å². The topological polar surface area (TPSA) is 115 Å². The van der Waals surface area contributed by atoms with Gasteiger partial charge in [0.1, 0.15) is 29.2 Å². The highest BCUT2D eigenvalue weighted by atomic mass is 16.6. The first kappa shape index (κ1) is 23.5. The molecule has 0 fully saturated rings. The predicted molar refractivity (Wildman–Crippen MR) is 117 cm³/mol. The largest absolute Gasteiger partial charge is 0.496 e. The van der Waals surface area contributed by atoms with Crippen LogP contribution in [0.5, 0.6) is 11.5 Å². The van der Waals surface area contributed by atoms with Gasteiger partial charge in [0, 0.05) is 11.4 Å². The second-order valence-corrected chi connectivity index (χ2v) is 7.48. The van der Waals surface area contributed by atoms with Crippen LogP contribution in [0.4, 0.5) is 16.2 Å². The van der Waals surface area contributed by atoms with Crippen molar-refractivity contribution in [1.29, 1.82) is 0 Å². The number of carbonyl (C=O) groups is 3. The number of benzene rings is 2. The molecule has 0 unspecified atom stereocenters. The number of nitrogens with one attached hydrogen (secondary N) is 3. The molecule has 0 bridgehead atoms. The summed E-state index contributed by atoms with van der Waals surface area (Å²) in [6, 6.07) is 11.6. The first-order chi connectivity index (χ1) is 14.6. The van der Waals surface area contributed by atoms with Crippen LogP contribution in [0.2, 0.25) is 0 Å². The average molecular weight is 429 g/mol. The Morgan fingerprint density at radius 3 is 1.97 bits per heavy atom. The fourth-order valence-corrected chi connectivity index (χ4v) is 2.62. The molecule has 0 heterocycles. The highest BCUT2D eigenvalue weighted by molar-refractivity contribution is 6.08. The summed E-state index contributed by atoms with van der Waals surface area (Å²) in [6.45, 7) is 4.93. The molecular formula is C22H27N3O6. The van der Waals surface area contributed by atoms with E-state index in [0.29, 0.717) is 22.9 Å². The van der Waals surface area contributed by atoms with E-state index >= 15 is 0 Å². The van der Waals surface area contributed by atoms with E-state index in [0.717, 1.165) is 0 Å². The molecule has 0 aliphatic heterocycles. The summed E-state index contributed by atoms with van der Waals surface area (Å²) in [5.74, 6) is -0.130. The molecule has 0 aliphatic carbocycles. The van der Waals surface area contributed by atoms with Crippen LogP contribution in [0, 0.1) is 0 Å². The van der Waals surface area contributed by atoms with Crippen molar-refractivity contribution in [3.63, 3.8) is 0 Å². The van der Waals surface area contributed by atoms with Crippen molar-refractivity contribution >= 4 is 29.3 Å². The second kappa shape index (κ2) is 10.3. The normalized spacial score (nSPS) is 10.6. The van der Waals surface area contributed by atoms with Gasteiger partial charge < -0.3 is 30.2 Å². The molecule has 3 N–H and O–H groups in total. The molecular weight excluding hydrogens is 402 g/mol. The summed E-state index contributed by atoms with van der Waals surface area (Å²) in [5.41, 5.74) is 0.497. The van der Waals surface area contributed by atoms with Gasteiger partial charge in [-0.1, -0.05) is 12.1 Å². The zero-order chi connectivity index (χ0) is 23.0. The van der Waals surface area contributed by atoms with Crippen LogP contribution >= 0.6 is 0 Å². The number of rotatable bonds is 7. The number of anilines is 2. The lowest BCUT2D eigenvalue weighted by Crippen LogP contribution is -2.37. The smallest absolute Gasteiger partial charge is 0.408 e. The van der Waals surface area contributed by atoms with Crippen molar-refractivity contribution in [2.24, 2.45) is 0 Å². The lowest BCUT2D eigenvalue weighted by Gasteiger charge is -2.19. The number of ether oxygens (including phenoxy) is 3.